The van der Waals surface area contributed by atoms with Gasteiger partial charge in [-0.3, -0.25) is 4.79 Å². The number of rotatable bonds is 8. The fraction of sp³-hybridized carbons (Fsp3) is 0.440. The Morgan fingerprint density at radius 2 is 1.84 bits per heavy atom. The van der Waals surface area contributed by atoms with Crippen molar-refractivity contribution >= 4 is 55.7 Å². The van der Waals surface area contributed by atoms with Crippen LogP contribution in [0.2, 0.25) is 10.0 Å². The van der Waals surface area contributed by atoms with Crippen LogP contribution in [0.15, 0.2) is 35.2 Å². The van der Waals surface area contributed by atoms with E-state index < -0.39 is 27.6 Å². The number of hydrogen-bond donors (Lipinski definition) is 1. The second-order valence-electron chi connectivity index (χ2n) is 8.92. The number of piperidine rings is 1. The lowest BCUT2D eigenvalue weighted by atomic mass is 9.95. The molecule has 0 bridgehead atoms. The minimum atomic E-state index is -3.39. The number of carbonyl (C=O) groups is 1. The zero-order valence-electron chi connectivity index (χ0n) is 20.4. The molecule has 0 radical (unpaired) electrons. The third-order valence-electron chi connectivity index (χ3n) is 6.50. The van der Waals surface area contributed by atoms with Crippen molar-refractivity contribution < 1.29 is 26.7 Å². The van der Waals surface area contributed by atoms with E-state index in [0.29, 0.717) is 33.1 Å². The summed E-state index contributed by atoms with van der Waals surface area (Å²) in [5.41, 5.74) is 2.02. The summed E-state index contributed by atoms with van der Waals surface area (Å²) in [6, 6.07) is 7.94. The average Bonchev–Trinajstić information content (AvgIpc) is 3.27. The molecule has 7 nitrogen and oxygen atoms in total. The van der Waals surface area contributed by atoms with Crippen LogP contribution in [0.4, 0.5) is 14.5 Å². The van der Waals surface area contributed by atoms with Crippen LogP contribution in [-0.2, 0) is 19.4 Å². The number of esters is 1. The molecule has 1 aromatic heterocycles. The van der Waals surface area contributed by atoms with E-state index in [-0.39, 0.29) is 54.6 Å². The minimum Gasteiger partial charge on any atom is -0.466 e. The number of aromatic amines is 1. The standard InChI is InChI=1S/C25H27Cl2F2N3O4S/c1-3-36-20(33)13-17(15-5-7-16(8-6-15)37(34,35)4-2)24-30-19-14-18(26)23(21(27)22(19)31-24)32-11-9-25(28,29)10-12-32/h5-8,14,17H,3-4,9-13H2,1-2H3,(H,30,31). The lowest BCUT2D eigenvalue weighted by molar-refractivity contribution is -0.143. The highest BCUT2D eigenvalue weighted by molar-refractivity contribution is 7.91. The molecule has 1 saturated heterocycles. The molecule has 2 heterocycles. The van der Waals surface area contributed by atoms with Gasteiger partial charge in [-0.25, -0.2) is 22.2 Å². The van der Waals surface area contributed by atoms with E-state index in [1.54, 1.807) is 36.9 Å². The van der Waals surface area contributed by atoms with Crippen LogP contribution < -0.4 is 4.90 Å². The highest BCUT2D eigenvalue weighted by atomic mass is 35.5. The Balaban J connectivity index is 1.74. The van der Waals surface area contributed by atoms with Gasteiger partial charge in [0.1, 0.15) is 11.3 Å². The quantitative estimate of drug-likeness (QED) is 0.333. The monoisotopic (exact) mass is 573 g/mol. The lowest BCUT2D eigenvalue weighted by Gasteiger charge is -2.34. The number of alkyl halides is 2. The van der Waals surface area contributed by atoms with E-state index in [0.717, 1.165) is 0 Å². The molecule has 1 unspecified atom stereocenters. The molecule has 2 aromatic carbocycles. The summed E-state index contributed by atoms with van der Waals surface area (Å²) in [6.45, 7) is 3.69. The number of fused-ring (bicyclic) bond motifs is 1. The van der Waals surface area contributed by atoms with E-state index >= 15 is 0 Å². The molecule has 1 aliphatic rings. The molecule has 0 amide bonds. The summed E-state index contributed by atoms with van der Waals surface area (Å²) in [7, 11) is -3.39. The maximum absolute atomic E-state index is 13.7. The van der Waals surface area contributed by atoms with E-state index in [1.165, 1.54) is 12.1 Å². The molecule has 200 valence electrons. The van der Waals surface area contributed by atoms with Crippen LogP contribution in [0.3, 0.4) is 0 Å². The zero-order valence-corrected chi connectivity index (χ0v) is 22.7. The number of sulfone groups is 1. The summed E-state index contributed by atoms with van der Waals surface area (Å²) in [6.07, 6.45) is -0.642. The van der Waals surface area contributed by atoms with E-state index in [4.69, 9.17) is 27.9 Å². The molecular weight excluding hydrogens is 547 g/mol. The van der Waals surface area contributed by atoms with Gasteiger partial charge >= 0.3 is 5.97 Å². The molecule has 1 atom stereocenters. The normalized spacial score (nSPS) is 16.6. The van der Waals surface area contributed by atoms with Crippen molar-refractivity contribution in [3.8, 4) is 0 Å². The van der Waals surface area contributed by atoms with Gasteiger partial charge in [-0.05, 0) is 30.7 Å². The fourth-order valence-corrected chi connectivity index (χ4v) is 6.06. The average molecular weight is 574 g/mol. The van der Waals surface area contributed by atoms with Crippen molar-refractivity contribution in [2.45, 2.75) is 49.8 Å². The molecule has 37 heavy (non-hydrogen) atoms. The summed E-state index contributed by atoms with van der Waals surface area (Å²) in [5, 5.41) is 0.531. The van der Waals surface area contributed by atoms with Crippen molar-refractivity contribution in [3.63, 3.8) is 0 Å². The predicted octanol–water partition coefficient (Wildman–Crippen LogP) is 5.98. The summed E-state index contributed by atoms with van der Waals surface area (Å²) < 4.78 is 57.0. The van der Waals surface area contributed by atoms with Gasteiger partial charge in [0.25, 0.3) is 5.92 Å². The van der Waals surface area contributed by atoms with Crippen LogP contribution in [0.5, 0.6) is 0 Å². The molecule has 1 fully saturated rings. The second-order valence-corrected chi connectivity index (χ2v) is 12.0. The first kappa shape index (κ1) is 27.6. The number of benzene rings is 2. The molecule has 1 N–H and O–H groups in total. The smallest absolute Gasteiger partial charge is 0.306 e. The largest absolute Gasteiger partial charge is 0.466 e. The van der Waals surface area contributed by atoms with Crippen LogP contribution in [0.25, 0.3) is 11.0 Å². The number of carbonyl (C=O) groups excluding carboxylic acids is 1. The third-order valence-corrected chi connectivity index (χ3v) is 8.90. The molecule has 0 aliphatic carbocycles. The number of halogens is 4. The first-order valence-corrected chi connectivity index (χ1v) is 14.3. The van der Waals surface area contributed by atoms with Crippen LogP contribution >= 0.6 is 23.2 Å². The van der Waals surface area contributed by atoms with Crippen LogP contribution in [-0.4, -0.2) is 55.7 Å². The number of nitrogens with one attached hydrogen (secondary N) is 1. The SMILES string of the molecule is CCOC(=O)CC(c1ccc(S(=O)(=O)CC)cc1)c1nc2c(Cl)c(N3CCC(F)(F)CC3)c(Cl)cc2[nH]1. The Morgan fingerprint density at radius 1 is 1.19 bits per heavy atom. The summed E-state index contributed by atoms with van der Waals surface area (Å²) >= 11 is 13.2. The molecule has 3 aromatic rings. The molecule has 0 spiro atoms. The van der Waals surface area contributed by atoms with Crippen molar-refractivity contribution in [2.24, 2.45) is 0 Å². The minimum absolute atomic E-state index is 0.0293. The maximum atomic E-state index is 13.7. The summed E-state index contributed by atoms with van der Waals surface area (Å²) in [5.74, 6) is -3.37. The van der Waals surface area contributed by atoms with Gasteiger partial charge in [-0.15, -0.1) is 0 Å². The van der Waals surface area contributed by atoms with Gasteiger partial charge in [-0.1, -0.05) is 42.3 Å². The number of nitrogens with zero attached hydrogens (tertiary/aromatic N) is 2. The van der Waals surface area contributed by atoms with Crippen LogP contribution in [0, 0.1) is 0 Å². The number of anilines is 1. The first-order valence-electron chi connectivity index (χ1n) is 11.9. The zero-order chi connectivity index (χ0) is 27.0. The van der Waals surface area contributed by atoms with Gasteiger partial charge in [0.15, 0.2) is 9.84 Å². The number of imidazole rings is 1. The second kappa shape index (κ2) is 10.7. The summed E-state index contributed by atoms with van der Waals surface area (Å²) in [4.78, 5) is 22.2. The Morgan fingerprint density at radius 3 is 2.43 bits per heavy atom. The topological polar surface area (TPSA) is 92.4 Å². The predicted molar refractivity (Wildman–Crippen MR) is 140 cm³/mol. The van der Waals surface area contributed by atoms with Crippen molar-refractivity contribution in [3.05, 3.63) is 51.8 Å². The Bertz CT molecular complexity index is 1400. The molecule has 0 saturated carbocycles. The van der Waals surface area contributed by atoms with Crippen molar-refractivity contribution in [1.82, 2.24) is 9.97 Å². The van der Waals surface area contributed by atoms with E-state index in [2.05, 4.69) is 9.97 Å². The highest BCUT2D eigenvalue weighted by Crippen LogP contribution is 2.42. The molecule has 4 rings (SSSR count). The number of hydrogen-bond acceptors (Lipinski definition) is 6. The van der Waals surface area contributed by atoms with Crippen molar-refractivity contribution in [1.29, 1.82) is 0 Å². The maximum Gasteiger partial charge on any atom is 0.306 e. The van der Waals surface area contributed by atoms with Crippen molar-refractivity contribution in [2.75, 3.05) is 30.3 Å². The number of ether oxygens (including phenoxy) is 1. The van der Waals surface area contributed by atoms with E-state index in [9.17, 15) is 22.0 Å². The van der Waals surface area contributed by atoms with Gasteiger partial charge in [0.05, 0.1) is 50.8 Å². The number of H-pyrrole nitrogens is 1. The van der Waals surface area contributed by atoms with Crippen LogP contribution in [0.1, 0.15) is 50.4 Å². The van der Waals surface area contributed by atoms with E-state index in [1.807, 2.05) is 0 Å². The van der Waals surface area contributed by atoms with Gasteiger partial charge in [-0.2, -0.15) is 0 Å². The Labute approximate surface area is 224 Å². The molecule has 12 heteroatoms. The lowest BCUT2D eigenvalue weighted by Crippen LogP contribution is -2.39. The molecule has 1 aliphatic heterocycles. The Hall–Kier alpha value is -2.43. The van der Waals surface area contributed by atoms with Gasteiger partial charge in [0.2, 0.25) is 0 Å². The number of aromatic nitrogens is 2. The highest BCUT2D eigenvalue weighted by Gasteiger charge is 2.35. The Kier molecular flexibility index (Phi) is 8.02. The van der Waals surface area contributed by atoms with Gasteiger partial charge in [0, 0.05) is 25.9 Å². The molecular formula is C25H27Cl2F2N3O4S. The third kappa shape index (κ3) is 5.86. The van der Waals surface area contributed by atoms with Gasteiger partial charge < -0.3 is 14.6 Å². The first-order chi connectivity index (χ1) is 17.5. The fourth-order valence-electron chi connectivity index (χ4n) is 4.44.